The van der Waals surface area contributed by atoms with Crippen LogP contribution in [-0.2, 0) is 11.4 Å². The van der Waals surface area contributed by atoms with E-state index in [0.717, 1.165) is 0 Å². The Morgan fingerprint density at radius 2 is 1.67 bits per heavy atom. The van der Waals surface area contributed by atoms with Crippen molar-refractivity contribution in [3.8, 4) is 17.6 Å². The van der Waals surface area contributed by atoms with E-state index in [-0.39, 0.29) is 29.5 Å². The molecule has 6 nitrogen and oxygen atoms in total. The second-order valence-corrected chi connectivity index (χ2v) is 9.26. The number of benzene rings is 3. The van der Waals surface area contributed by atoms with Crippen molar-refractivity contribution in [3.63, 3.8) is 0 Å². The van der Waals surface area contributed by atoms with Gasteiger partial charge in [-0.15, -0.1) is 0 Å². The number of nitriles is 1. The molecule has 0 atom stereocenters. The van der Waals surface area contributed by atoms with Gasteiger partial charge >= 0.3 is 0 Å². The number of hydrazone groups is 1. The van der Waals surface area contributed by atoms with Gasteiger partial charge in [-0.1, -0.05) is 18.2 Å². The summed E-state index contributed by atoms with van der Waals surface area (Å²) in [4.78, 5) is 13.0. The molecule has 4 rings (SSSR count). The zero-order chi connectivity index (χ0) is 28.4. The van der Waals surface area contributed by atoms with Gasteiger partial charge in [0.1, 0.15) is 12.3 Å². The van der Waals surface area contributed by atoms with Gasteiger partial charge in [0.2, 0.25) is 5.82 Å². The minimum Gasteiger partial charge on any atom is -0.490 e. The Morgan fingerprint density at radius 3 is 2.31 bits per heavy atom. The number of ether oxygens (including phenoxy) is 2. The van der Waals surface area contributed by atoms with Gasteiger partial charge < -0.3 is 9.47 Å². The summed E-state index contributed by atoms with van der Waals surface area (Å²) in [5.74, 6) is -11.4. The highest BCUT2D eigenvalue weighted by atomic mass is 127. The third-order valence-corrected chi connectivity index (χ3v) is 6.41. The number of halogens is 6. The summed E-state index contributed by atoms with van der Waals surface area (Å²) < 4.78 is 81.9. The predicted octanol–water partition coefficient (Wildman–Crippen LogP) is 6.64. The standard InChI is InChI=1S/C27H17F5IN3O3/c1-3-38-19-10-14(9-18(33)26(19)39-12-16-7-5-4-6-15(16)11-34)8-17-13(2)35-36(27(17)37)25-23(31)21(29)20(28)22(30)24(25)32/h4-10H,3,12H2,1-2H3/b17-8+. The molecule has 0 aromatic heterocycles. The number of carbonyl (C=O) groups is 1. The molecule has 0 saturated carbocycles. The highest BCUT2D eigenvalue weighted by Gasteiger charge is 2.37. The highest BCUT2D eigenvalue weighted by molar-refractivity contribution is 14.1. The van der Waals surface area contributed by atoms with Crippen LogP contribution in [0.25, 0.3) is 6.08 Å². The highest BCUT2D eigenvalue weighted by Crippen LogP contribution is 2.37. The van der Waals surface area contributed by atoms with Gasteiger partial charge in [0, 0.05) is 5.56 Å². The number of hydrogen-bond donors (Lipinski definition) is 0. The minimum absolute atomic E-state index is 0.00894. The molecule has 3 aromatic rings. The van der Waals surface area contributed by atoms with Gasteiger partial charge in [0.25, 0.3) is 5.91 Å². The van der Waals surface area contributed by atoms with Crippen molar-refractivity contribution in [1.29, 1.82) is 5.26 Å². The van der Waals surface area contributed by atoms with Crippen LogP contribution in [0, 0.1) is 44.0 Å². The third kappa shape index (κ3) is 5.31. The molecular formula is C27H17F5IN3O3. The Labute approximate surface area is 233 Å². The molecule has 1 heterocycles. The summed E-state index contributed by atoms with van der Waals surface area (Å²) in [7, 11) is 0. The van der Waals surface area contributed by atoms with Gasteiger partial charge in [-0.2, -0.15) is 15.4 Å². The zero-order valence-corrected chi connectivity index (χ0v) is 22.4. The third-order valence-electron chi connectivity index (χ3n) is 5.61. The zero-order valence-electron chi connectivity index (χ0n) is 20.3. The predicted molar refractivity (Wildman–Crippen MR) is 141 cm³/mol. The molecule has 1 amide bonds. The molecule has 0 radical (unpaired) electrons. The smallest absolute Gasteiger partial charge is 0.280 e. The van der Waals surface area contributed by atoms with E-state index in [4.69, 9.17) is 9.47 Å². The number of rotatable bonds is 7. The van der Waals surface area contributed by atoms with Gasteiger partial charge in [-0.25, -0.2) is 22.0 Å². The number of carbonyl (C=O) groups excluding carboxylic acids is 1. The minimum atomic E-state index is -2.34. The summed E-state index contributed by atoms with van der Waals surface area (Å²) in [6.45, 7) is 3.47. The van der Waals surface area contributed by atoms with E-state index < -0.39 is 40.7 Å². The van der Waals surface area contributed by atoms with Crippen LogP contribution in [0.3, 0.4) is 0 Å². The molecule has 0 aliphatic carbocycles. The van der Waals surface area contributed by atoms with E-state index in [2.05, 4.69) is 11.2 Å². The van der Waals surface area contributed by atoms with Crippen molar-refractivity contribution < 1.29 is 36.2 Å². The summed E-state index contributed by atoms with van der Waals surface area (Å²) in [5, 5.41) is 13.2. The maximum absolute atomic E-state index is 14.3. The van der Waals surface area contributed by atoms with Gasteiger partial charge in [-0.3, -0.25) is 4.79 Å². The number of nitrogens with zero attached hydrogens (tertiary/aromatic N) is 3. The fourth-order valence-electron chi connectivity index (χ4n) is 3.76. The Hall–Kier alpha value is -3.99. The molecule has 1 aliphatic heterocycles. The Bertz CT molecular complexity index is 1570. The van der Waals surface area contributed by atoms with E-state index >= 15 is 0 Å². The van der Waals surface area contributed by atoms with Crippen LogP contribution in [0.15, 0.2) is 47.1 Å². The van der Waals surface area contributed by atoms with E-state index in [1.807, 2.05) is 22.6 Å². The lowest BCUT2D eigenvalue weighted by Crippen LogP contribution is -2.25. The molecule has 39 heavy (non-hydrogen) atoms. The van der Waals surface area contributed by atoms with E-state index in [0.29, 0.717) is 31.8 Å². The summed E-state index contributed by atoms with van der Waals surface area (Å²) in [6, 6.07) is 12.2. The number of anilines is 1. The molecule has 0 saturated heterocycles. The second kappa shape index (κ2) is 11.4. The first-order chi connectivity index (χ1) is 18.6. The SMILES string of the molecule is CCOc1cc(/C=C2/C(=O)N(c3c(F)c(F)c(F)c(F)c3F)N=C2C)cc(I)c1OCc1ccccc1C#N. The topological polar surface area (TPSA) is 74.9 Å². The van der Waals surface area contributed by atoms with Gasteiger partial charge in [0.15, 0.2) is 34.8 Å². The number of hydrogen-bond acceptors (Lipinski definition) is 5. The molecule has 0 bridgehead atoms. The van der Waals surface area contributed by atoms with Gasteiger partial charge in [0.05, 0.1) is 33.1 Å². The first-order valence-electron chi connectivity index (χ1n) is 11.3. The summed E-state index contributed by atoms with van der Waals surface area (Å²) in [6.07, 6.45) is 1.35. The van der Waals surface area contributed by atoms with Crippen molar-refractivity contribution in [2.75, 3.05) is 11.6 Å². The average molecular weight is 653 g/mol. The van der Waals surface area contributed by atoms with Crippen molar-refractivity contribution in [2.45, 2.75) is 20.5 Å². The fraction of sp³-hybridized carbons (Fsp3) is 0.148. The molecule has 1 aliphatic rings. The molecule has 0 N–H and O–H groups in total. The molecule has 12 heteroatoms. The van der Waals surface area contributed by atoms with E-state index in [9.17, 15) is 32.0 Å². The molecule has 200 valence electrons. The van der Waals surface area contributed by atoms with Crippen molar-refractivity contribution in [1.82, 2.24) is 0 Å². The van der Waals surface area contributed by atoms with Crippen LogP contribution in [-0.4, -0.2) is 18.2 Å². The Balaban J connectivity index is 1.68. The van der Waals surface area contributed by atoms with Crippen molar-refractivity contribution in [2.24, 2.45) is 5.10 Å². The van der Waals surface area contributed by atoms with E-state index in [1.165, 1.54) is 13.0 Å². The van der Waals surface area contributed by atoms with Crippen LogP contribution < -0.4 is 14.5 Å². The maximum atomic E-state index is 14.3. The van der Waals surface area contributed by atoms with Crippen LogP contribution in [0.4, 0.5) is 27.6 Å². The lowest BCUT2D eigenvalue weighted by atomic mass is 10.1. The molecule has 3 aromatic carbocycles. The van der Waals surface area contributed by atoms with Crippen LogP contribution in [0.2, 0.25) is 0 Å². The lowest BCUT2D eigenvalue weighted by Gasteiger charge is -2.16. The Morgan fingerprint density at radius 1 is 1.03 bits per heavy atom. The first-order valence-corrected chi connectivity index (χ1v) is 12.4. The van der Waals surface area contributed by atoms with Crippen molar-refractivity contribution >= 4 is 46.0 Å². The molecular weight excluding hydrogens is 636 g/mol. The lowest BCUT2D eigenvalue weighted by molar-refractivity contribution is -0.114. The van der Waals surface area contributed by atoms with E-state index in [1.54, 1.807) is 43.3 Å². The van der Waals surface area contributed by atoms with Crippen LogP contribution in [0.5, 0.6) is 11.5 Å². The van der Waals surface area contributed by atoms with Crippen LogP contribution in [0.1, 0.15) is 30.5 Å². The monoisotopic (exact) mass is 653 g/mol. The molecule has 0 spiro atoms. The summed E-state index contributed by atoms with van der Waals surface area (Å²) >= 11 is 2.00. The van der Waals surface area contributed by atoms with Gasteiger partial charge in [-0.05, 0) is 66.3 Å². The Kier molecular flexibility index (Phi) is 8.19. The van der Waals surface area contributed by atoms with Crippen LogP contribution >= 0.6 is 22.6 Å². The molecule has 0 fully saturated rings. The maximum Gasteiger partial charge on any atom is 0.280 e. The molecule has 0 unspecified atom stereocenters. The number of amides is 1. The average Bonchev–Trinajstić information content (AvgIpc) is 3.19. The fourth-order valence-corrected chi connectivity index (χ4v) is 4.54. The largest absolute Gasteiger partial charge is 0.490 e. The summed E-state index contributed by atoms with van der Waals surface area (Å²) in [5.41, 5.74) is -0.0604. The van der Waals surface area contributed by atoms with Crippen molar-refractivity contribution in [3.05, 3.63) is 91.3 Å². The normalized spacial score (nSPS) is 14.0. The quantitative estimate of drug-likeness (QED) is 0.0943. The first kappa shape index (κ1) is 28.0. The second-order valence-electron chi connectivity index (χ2n) is 8.10.